The molecule has 3 N–H and O–H groups in total. The van der Waals surface area contributed by atoms with Gasteiger partial charge in [0.25, 0.3) is 0 Å². The number of halogens is 1. The van der Waals surface area contributed by atoms with Gasteiger partial charge in [0, 0.05) is 6.04 Å². The van der Waals surface area contributed by atoms with Gasteiger partial charge in [-0.25, -0.2) is 9.07 Å². The number of carbonyl (C=O) groups is 1. The van der Waals surface area contributed by atoms with E-state index in [0.717, 1.165) is 25.7 Å². The largest absolute Gasteiger partial charge is 0.352 e. The van der Waals surface area contributed by atoms with E-state index in [9.17, 15) is 9.18 Å². The number of hydrogen-bond donors (Lipinski definition) is 2. The van der Waals surface area contributed by atoms with Gasteiger partial charge in [0.05, 0.1) is 10.8 Å². The monoisotopic (exact) mass is 377 g/mol. The second kappa shape index (κ2) is 8.53. The number of aromatic nitrogens is 3. The standard InChI is InChI=1S/C18H24FN5OS/c1-12(17(25)21-13-8-4-2-3-5-9-13)26-18-23-22-16(24(18)20)14-10-6-7-11-15(14)19/h6-7,10-13H,2-5,8-9,20H2,1H3,(H,21,25)/t12-/m0/s1. The lowest BCUT2D eigenvalue weighted by Gasteiger charge is -2.19. The summed E-state index contributed by atoms with van der Waals surface area (Å²) in [5.74, 6) is 5.82. The Morgan fingerprint density at radius 3 is 2.65 bits per heavy atom. The summed E-state index contributed by atoms with van der Waals surface area (Å²) in [6, 6.07) is 6.51. The average molecular weight is 377 g/mol. The van der Waals surface area contributed by atoms with Crippen LogP contribution in [0.4, 0.5) is 4.39 Å². The minimum Gasteiger partial charge on any atom is -0.352 e. The van der Waals surface area contributed by atoms with E-state index in [2.05, 4.69) is 15.5 Å². The maximum Gasteiger partial charge on any atom is 0.233 e. The number of nitrogens with one attached hydrogen (secondary N) is 1. The highest BCUT2D eigenvalue weighted by molar-refractivity contribution is 8.00. The van der Waals surface area contributed by atoms with Crippen LogP contribution in [0.5, 0.6) is 0 Å². The maximum atomic E-state index is 13.9. The molecule has 3 rings (SSSR count). The highest BCUT2D eigenvalue weighted by Crippen LogP contribution is 2.26. The lowest BCUT2D eigenvalue weighted by atomic mass is 10.1. The Bertz CT molecular complexity index is 758. The smallest absolute Gasteiger partial charge is 0.233 e. The number of rotatable bonds is 5. The van der Waals surface area contributed by atoms with Crippen LogP contribution in [0.1, 0.15) is 45.4 Å². The van der Waals surface area contributed by atoms with Gasteiger partial charge in [0.1, 0.15) is 5.82 Å². The SMILES string of the molecule is C[C@H](Sc1nnc(-c2ccccc2F)n1N)C(=O)NC1CCCCCC1. The minimum atomic E-state index is -0.415. The molecule has 0 spiro atoms. The van der Waals surface area contributed by atoms with Gasteiger partial charge in [-0.05, 0) is 31.9 Å². The van der Waals surface area contributed by atoms with Crippen LogP contribution in [0.15, 0.2) is 29.4 Å². The van der Waals surface area contributed by atoms with Crippen molar-refractivity contribution in [3.63, 3.8) is 0 Å². The molecule has 1 atom stereocenters. The number of hydrogen-bond acceptors (Lipinski definition) is 5. The van der Waals surface area contributed by atoms with Crippen LogP contribution >= 0.6 is 11.8 Å². The molecule has 1 amide bonds. The van der Waals surface area contributed by atoms with Gasteiger partial charge < -0.3 is 11.2 Å². The van der Waals surface area contributed by atoms with Gasteiger partial charge in [-0.15, -0.1) is 10.2 Å². The fourth-order valence-electron chi connectivity index (χ4n) is 3.14. The van der Waals surface area contributed by atoms with Crippen molar-refractivity contribution in [3.8, 4) is 11.4 Å². The Balaban J connectivity index is 1.65. The Kier molecular flexibility index (Phi) is 6.13. The molecule has 1 aromatic heterocycles. The molecule has 1 heterocycles. The van der Waals surface area contributed by atoms with Crippen molar-refractivity contribution in [2.24, 2.45) is 0 Å². The number of carbonyl (C=O) groups excluding carboxylic acids is 1. The summed E-state index contributed by atoms with van der Waals surface area (Å²) >= 11 is 1.22. The van der Waals surface area contributed by atoms with Crippen molar-refractivity contribution < 1.29 is 9.18 Å². The van der Waals surface area contributed by atoms with Crippen molar-refractivity contribution in [2.75, 3.05) is 5.84 Å². The van der Waals surface area contributed by atoms with E-state index < -0.39 is 5.82 Å². The summed E-state index contributed by atoms with van der Waals surface area (Å²) < 4.78 is 15.2. The Hall–Kier alpha value is -2.09. The molecule has 1 aliphatic carbocycles. The Morgan fingerprint density at radius 2 is 1.96 bits per heavy atom. The molecule has 26 heavy (non-hydrogen) atoms. The third-order valence-electron chi connectivity index (χ3n) is 4.63. The molecule has 2 aromatic rings. The summed E-state index contributed by atoms with van der Waals surface area (Å²) in [7, 11) is 0. The highest BCUT2D eigenvalue weighted by atomic mass is 32.2. The second-order valence-electron chi connectivity index (χ2n) is 6.61. The molecular formula is C18H24FN5OS. The third kappa shape index (κ3) is 4.35. The number of nitrogens with two attached hydrogens (primary N) is 1. The Morgan fingerprint density at radius 1 is 1.27 bits per heavy atom. The van der Waals surface area contributed by atoms with Crippen molar-refractivity contribution >= 4 is 17.7 Å². The fourth-order valence-corrected chi connectivity index (χ4v) is 3.92. The lowest BCUT2D eigenvalue weighted by Crippen LogP contribution is -2.39. The van der Waals surface area contributed by atoms with Crippen LogP contribution in [0.3, 0.4) is 0 Å². The molecule has 0 aliphatic heterocycles. The van der Waals surface area contributed by atoms with Crippen LogP contribution in [0.2, 0.25) is 0 Å². The summed E-state index contributed by atoms with van der Waals surface area (Å²) in [5.41, 5.74) is 0.282. The quantitative estimate of drug-likeness (QED) is 0.475. The number of nitrogen functional groups attached to an aromatic ring is 1. The van der Waals surface area contributed by atoms with Gasteiger partial charge in [-0.2, -0.15) is 0 Å². The van der Waals surface area contributed by atoms with E-state index in [1.807, 2.05) is 6.92 Å². The van der Waals surface area contributed by atoms with Crippen molar-refractivity contribution in [3.05, 3.63) is 30.1 Å². The Labute approximate surface area is 156 Å². The zero-order valence-corrected chi connectivity index (χ0v) is 15.6. The summed E-state index contributed by atoms with van der Waals surface area (Å²) in [6.45, 7) is 1.81. The van der Waals surface area contributed by atoms with E-state index in [1.54, 1.807) is 18.2 Å². The van der Waals surface area contributed by atoms with Crippen LogP contribution in [-0.4, -0.2) is 32.1 Å². The van der Waals surface area contributed by atoms with Crippen LogP contribution in [-0.2, 0) is 4.79 Å². The zero-order valence-electron chi connectivity index (χ0n) is 14.8. The van der Waals surface area contributed by atoms with E-state index in [4.69, 9.17) is 5.84 Å². The lowest BCUT2D eigenvalue weighted by molar-refractivity contribution is -0.121. The normalized spacial score (nSPS) is 16.8. The van der Waals surface area contributed by atoms with Crippen molar-refractivity contribution in [1.82, 2.24) is 20.2 Å². The van der Waals surface area contributed by atoms with E-state index in [-0.39, 0.29) is 28.6 Å². The van der Waals surface area contributed by atoms with Crippen LogP contribution < -0.4 is 11.2 Å². The molecule has 1 saturated carbocycles. The number of nitrogens with zero attached hydrogens (tertiary/aromatic N) is 3. The van der Waals surface area contributed by atoms with E-state index in [1.165, 1.54) is 35.3 Å². The van der Waals surface area contributed by atoms with Gasteiger partial charge in [0.2, 0.25) is 11.1 Å². The first-order chi connectivity index (χ1) is 12.6. The van der Waals surface area contributed by atoms with E-state index >= 15 is 0 Å². The zero-order chi connectivity index (χ0) is 18.5. The molecule has 1 aliphatic rings. The fraction of sp³-hybridized carbons (Fsp3) is 0.500. The summed E-state index contributed by atoms with van der Waals surface area (Å²) in [6.07, 6.45) is 6.88. The highest BCUT2D eigenvalue weighted by Gasteiger charge is 2.23. The topological polar surface area (TPSA) is 85.8 Å². The van der Waals surface area contributed by atoms with Crippen molar-refractivity contribution in [2.45, 2.75) is 61.9 Å². The molecule has 0 unspecified atom stereocenters. The summed E-state index contributed by atoms with van der Waals surface area (Å²) in [4.78, 5) is 12.5. The van der Waals surface area contributed by atoms with Crippen LogP contribution in [0.25, 0.3) is 11.4 Å². The summed E-state index contributed by atoms with van der Waals surface area (Å²) in [5, 5.41) is 11.2. The average Bonchev–Trinajstić information content (AvgIpc) is 2.83. The molecule has 1 aromatic carbocycles. The molecule has 140 valence electrons. The predicted molar refractivity (Wildman–Crippen MR) is 101 cm³/mol. The molecule has 1 fully saturated rings. The van der Waals surface area contributed by atoms with Crippen molar-refractivity contribution in [1.29, 1.82) is 0 Å². The van der Waals surface area contributed by atoms with Crippen LogP contribution in [0, 0.1) is 5.82 Å². The first-order valence-electron chi connectivity index (χ1n) is 8.98. The van der Waals surface area contributed by atoms with Gasteiger partial charge in [-0.3, -0.25) is 4.79 Å². The first-order valence-corrected chi connectivity index (χ1v) is 9.86. The van der Waals surface area contributed by atoms with E-state index in [0.29, 0.717) is 5.16 Å². The minimum absolute atomic E-state index is 0.0302. The second-order valence-corrected chi connectivity index (χ2v) is 7.92. The number of thioether (sulfide) groups is 1. The molecule has 0 radical (unpaired) electrons. The molecule has 0 saturated heterocycles. The molecule has 0 bridgehead atoms. The maximum absolute atomic E-state index is 13.9. The van der Waals surface area contributed by atoms with Gasteiger partial charge >= 0.3 is 0 Å². The van der Waals surface area contributed by atoms with Gasteiger partial charge in [0.15, 0.2) is 5.82 Å². The molecule has 6 nitrogen and oxygen atoms in total. The predicted octanol–water partition coefficient (Wildman–Crippen LogP) is 3.12. The van der Waals surface area contributed by atoms with Gasteiger partial charge in [-0.1, -0.05) is 49.6 Å². The molecular weight excluding hydrogens is 353 g/mol. The molecule has 8 heteroatoms. The number of benzene rings is 1. The number of amides is 1. The first kappa shape index (κ1) is 18.7. The third-order valence-corrected chi connectivity index (χ3v) is 5.69.